The largest absolute Gasteiger partial charge is 0.469 e. The van der Waals surface area contributed by atoms with Crippen LogP contribution < -0.4 is 15.4 Å². The van der Waals surface area contributed by atoms with Crippen molar-refractivity contribution in [2.24, 2.45) is 7.05 Å². The number of aliphatic hydroxyl groups excluding tert-OH is 1. The van der Waals surface area contributed by atoms with Gasteiger partial charge in [-0.25, -0.2) is 15.0 Å². The van der Waals surface area contributed by atoms with Crippen molar-refractivity contribution in [3.8, 4) is 28.5 Å². The molecule has 6 rings (SSSR count). The number of hydrogen-bond acceptors (Lipinski definition) is 9. The van der Waals surface area contributed by atoms with E-state index in [1.54, 1.807) is 10.9 Å². The van der Waals surface area contributed by atoms with Gasteiger partial charge in [0.25, 0.3) is 5.88 Å². The Labute approximate surface area is 223 Å². The van der Waals surface area contributed by atoms with Crippen molar-refractivity contribution in [2.75, 3.05) is 23.7 Å². The molecule has 3 N–H and O–H groups in total. The first-order valence-corrected chi connectivity index (χ1v) is 12.6. The molecule has 0 spiro atoms. The van der Waals surface area contributed by atoms with Crippen LogP contribution in [0.15, 0.2) is 60.9 Å². The van der Waals surface area contributed by atoms with Crippen LogP contribution in [0.1, 0.15) is 12.1 Å². The fourth-order valence-corrected chi connectivity index (χ4v) is 4.84. The SMILES string of the molecule is Cn1ccc(-c2nc(N)c(OCc3cccc(N4CCC(O)C4)n3)nc2-c2cc(Cl)c3ncccc3c2)n1. The van der Waals surface area contributed by atoms with Crippen molar-refractivity contribution in [3.63, 3.8) is 0 Å². The van der Waals surface area contributed by atoms with Crippen molar-refractivity contribution in [2.45, 2.75) is 19.1 Å². The fraction of sp³-hybridized carbons (Fsp3) is 0.222. The van der Waals surface area contributed by atoms with Gasteiger partial charge in [-0.1, -0.05) is 23.7 Å². The molecule has 1 aliphatic heterocycles. The molecule has 1 unspecified atom stereocenters. The van der Waals surface area contributed by atoms with Gasteiger partial charge in [0.1, 0.15) is 29.5 Å². The third-order valence-electron chi connectivity index (χ3n) is 6.41. The van der Waals surface area contributed by atoms with Gasteiger partial charge in [-0.05, 0) is 42.8 Å². The molecule has 192 valence electrons. The zero-order chi connectivity index (χ0) is 26.2. The Morgan fingerprint density at radius 2 is 2.00 bits per heavy atom. The van der Waals surface area contributed by atoms with E-state index in [1.165, 1.54) is 0 Å². The van der Waals surface area contributed by atoms with E-state index in [0.29, 0.717) is 39.9 Å². The molecule has 0 bridgehead atoms. The highest BCUT2D eigenvalue weighted by Crippen LogP contribution is 2.36. The number of aryl methyl sites for hydroxylation is 1. The predicted octanol–water partition coefficient (Wildman–Crippen LogP) is 3.87. The lowest BCUT2D eigenvalue weighted by atomic mass is 10.0. The molecular formula is C27H25ClN8O2. The van der Waals surface area contributed by atoms with E-state index in [0.717, 1.165) is 29.7 Å². The highest BCUT2D eigenvalue weighted by Gasteiger charge is 2.22. The smallest absolute Gasteiger partial charge is 0.258 e. The minimum Gasteiger partial charge on any atom is -0.469 e. The average Bonchev–Trinajstić information content (AvgIpc) is 3.56. The number of benzene rings is 1. The molecule has 1 saturated heterocycles. The van der Waals surface area contributed by atoms with E-state index in [1.807, 2.05) is 61.8 Å². The number of β-amino-alcohol motifs (C(OH)–C–C–N with tert-alkyl or cyclic N) is 1. The summed E-state index contributed by atoms with van der Waals surface area (Å²) >= 11 is 6.59. The number of aromatic nitrogens is 6. The Morgan fingerprint density at radius 1 is 1.11 bits per heavy atom. The average molecular weight is 529 g/mol. The van der Waals surface area contributed by atoms with Gasteiger partial charge < -0.3 is 20.5 Å². The van der Waals surface area contributed by atoms with E-state index in [9.17, 15) is 5.11 Å². The van der Waals surface area contributed by atoms with Crippen LogP contribution in [0.25, 0.3) is 33.5 Å². The highest BCUT2D eigenvalue weighted by molar-refractivity contribution is 6.35. The monoisotopic (exact) mass is 528 g/mol. The maximum absolute atomic E-state index is 9.87. The molecule has 1 aromatic carbocycles. The summed E-state index contributed by atoms with van der Waals surface area (Å²) in [4.78, 5) is 20.6. The summed E-state index contributed by atoms with van der Waals surface area (Å²) in [6, 6.07) is 15.1. The quantitative estimate of drug-likeness (QED) is 0.337. The fourth-order valence-electron chi connectivity index (χ4n) is 4.56. The number of aliphatic hydroxyl groups is 1. The molecule has 5 heterocycles. The lowest BCUT2D eigenvalue weighted by Crippen LogP contribution is -2.22. The molecule has 1 fully saturated rings. The van der Waals surface area contributed by atoms with Gasteiger partial charge in [-0.2, -0.15) is 5.10 Å². The normalized spacial score (nSPS) is 15.3. The molecule has 0 radical (unpaired) electrons. The first-order valence-electron chi connectivity index (χ1n) is 12.2. The molecule has 0 aliphatic carbocycles. The molecule has 5 aromatic rings. The molecular weight excluding hydrogens is 504 g/mol. The topological polar surface area (TPSA) is 128 Å². The molecule has 10 nitrogen and oxygen atoms in total. The van der Waals surface area contributed by atoms with E-state index in [4.69, 9.17) is 32.0 Å². The molecule has 38 heavy (non-hydrogen) atoms. The van der Waals surface area contributed by atoms with Crippen molar-refractivity contribution >= 4 is 34.1 Å². The minimum atomic E-state index is -0.331. The van der Waals surface area contributed by atoms with E-state index in [-0.39, 0.29) is 24.4 Å². The first kappa shape index (κ1) is 24.1. The zero-order valence-corrected chi connectivity index (χ0v) is 21.4. The van der Waals surface area contributed by atoms with Gasteiger partial charge in [0.2, 0.25) is 0 Å². The number of ether oxygens (including phenoxy) is 1. The second-order valence-corrected chi connectivity index (χ2v) is 9.59. The van der Waals surface area contributed by atoms with Crippen LogP contribution in [0.5, 0.6) is 5.88 Å². The third kappa shape index (κ3) is 4.71. The second kappa shape index (κ2) is 9.88. The highest BCUT2D eigenvalue weighted by atomic mass is 35.5. The number of halogens is 1. The van der Waals surface area contributed by atoms with Crippen molar-refractivity contribution < 1.29 is 9.84 Å². The number of anilines is 2. The Kier molecular flexibility index (Phi) is 6.26. The summed E-state index contributed by atoms with van der Waals surface area (Å²) in [6.45, 7) is 1.48. The third-order valence-corrected chi connectivity index (χ3v) is 6.70. The maximum atomic E-state index is 9.87. The summed E-state index contributed by atoms with van der Waals surface area (Å²) in [5, 5.41) is 15.8. The minimum absolute atomic E-state index is 0.141. The van der Waals surface area contributed by atoms with Gasteiger partial charge in [-0.15, -0.1) is 0 Å². The Bertz CT molecular complexity index is 1640. The second-order valence-electron chi connectivity index (χ2n) is 9.18. The van der Waals surface area contributed by atoms with E-state index in [2.05, 4.69) is 20.0 Å². The molecule has 4 aromatic heterocycles. The van der Waals surface area contributed by atoms with Crippen LogP contribution in [0.4, 0.5) is 11.6 Å². The number of fused-ring (bicyclic) bond motifs is 1. The number of nitrogens with two attached hydrogens (primary N) is 1. The maximum Gasteiger partial charge on any atom is 0.258 e. The number of nitrogen functional groups attached to an aromatic ring is 1. The molecule has 0 amide bonds. The molecule has 1 atom stereocenters. The summed E-state index contributed by atoms with van der Waals surface area (Å²) in [6.07, 6.45) is 3.94. The number of hydrogen-bond donors (Lipinski definition) is 2. The van der Waals surface area contributed by atoms with Gasteiger partial charge in [0.05, 0.1) is 22.3 Å². The van der Waals surface area contributed by atoms with Gasteiger partial charge in [-0.3, -0.25) is 9.67 Å². The molecule has 0 saturated carbocycles. The summed E-state index contributed by atoms with van der Waals surface area (Å²) in [7, 11) is 1.83. The number of pyridine rings is 2. The van der Waals surface area contributed by atoms with Crippen LogP contribution >= 0.6 is 11.6 Å². The lowest BCUT2D eigenvalue weighted by molar-refractivity contribution is 0.198. The number of rotatable bonds is 6. The van der Waals surface area contributed by atoms with Crippen LogP contribution in [-0.2, 0) is 13.7 Å². The van der Waals surface area contributed by atoms with Gasteiger partial charge in [0, 0.05) is 43.5 Å². The standard InChI is InChI=1S/C27H25ClN8O2/c1-35-10-8-21(34-35)25-24(17-12-16-4-3-9-30-23(16)20(28)13-17)33-27(26(29)32-25)38-15-18-5-2-6-22(31-18)36-11-7-19(37)14-36/h2-6,8-10,12-13,19,37H,7,11,14-15H2,1H3,(H2,29,32). The lowest BCUT2D eigenvalue weighted by Gasteiger charge is -2.17. The van der Waals surface area contributed by atoms with Crippen molar-refractivity contribution in [1.82, 2.24) is 29.7 Å². The summed E-state index contributed by atoms with van der Waals surface area (Å²) in [5.74, 6) is 1.12. The van der Waals surface area contributed by atoms with Crippen molar-refractivity contribution in [1.29, 1.82) is 0 Å². The van der Waals surface area contributed by atoms with Gasteiger partial charge in [0.15, 0.2) is 5.82 Å². The Hall–Kier alpha value is -4.28. The Morgan fingerprint density at radius 3 is 2.79 bits per heavy atom. The van der Waals surface area contributed by atoms with E-state index < -0.39 is 0 Å². The van der Waals surface area contributed by atoms with E-state index >= 15 is 0 Å². The Balaban J connectivity index is 1.37. The van der Waals surface area contributed by atoms with Crippen LogP contribution in [-0.4, -0.2) is 54.0 Å². The van der Waals surface area contributed by atoms with Crippen molar-refractivity contribution in [3.05, 3.63) is 71.6 Å². The van der Waals surface area contributed by atoms with Crippen LogP contribution in [0.3, 0.4) is 0 Å². The molecule has 1 aliphatic rings. The van der Waals surface area contributed by atoms with Crippen LogP contribution in [0, 0.1) is 0 Å². The summed E-state index contributed by atoms with van der Waals surface area (Å²) in [5.41, 5.74) is 10.1. The van der Waals surface area contributed by atoms with Gasteiger partial charge >= 0.3 is 0 Å². The predicted molar refractivity (Wildman–Crippen MR) is 146 cm³/mol. The van der Waals surface area contributed by atoms with Crippen LogP contribution in [0.2, 0.25) is 5.02 Å². The first-order chi connectivity index (χ1) is 18.4. The summed E-state index contributed by atoms with van der Waals surface area (Å²) < 4.78 is 7.73. The molecule has 11 heteroatoms. The number of nitrogens with zero attached hydrogens (tertiary/aromatic N) is 7. The zero-order valence-electron chi connectivity index (χ0n) is 20.6.